The van der Waals surface area contributed by atoms with Gasteiger partial charge in [-0.05, 0) is 47.9 Å². The lowest BCUT2D eigenvalue weighted by Crippen LogP contribution is -2.46. The molecule has 0 radical (unpaired) electrons. The van der Waals surface area contributed by atoms with Gasteiger partial charge in [0, 0.05) is 50.3 Å². The van der Waals surface area contributed by atoms with Crippen molar-refractivity contribution in [1.82, 2.24) is 20.5 Å². The normalized spacial score (nSPS) is 16.3. The van der Waals surface area contributed by atoms with Crippen LogP contribution in [0, 0.1) is 11.6 Å². The third-order valence-electron chi connectivity index (χ3n) is 5.84. The van der Waals surface area contributed by atoms with Crippen molar-refractivity contribution >= 4 is 16.9 Å². The molecule has 3 N–H and O–H groups in total. The fraction of sp³-hybridized carbons (Fsp3) is 0.375. The molecule has 1 atom stereocenters. The van der Waals surface area contributed by atoms with E-state index >= 15 is 0 Å². The number of aromatic amines is 1. The number of guanidine groups is 1. The number of H-pyrrole nitrogens is 1. The van der Waals surface area contributed by atoms with Gasteiger partial charge in [-0.15, -0.1) is 0 Å². The number of aromatic nitrogens is 1. The largest absolute Gasteiger partial charge is 0.379 e. The van der Waals surface area contributed by atoms with Crippen LogP contribution in [0.1, 0.15) is 17.2 Å². The highest BCUT2D eigenvalue weighted by Gasteiger charge is 2.23. The molecule has 32 heavy (non-hydrogen) atoms. The zero-order valence-corrected chi connectivity index (χ0v) is 18.2. The maximum absolute atomic E-state index is 13.4. The van der Waals surface area contributed by atoms with E-state index in [1.807, 2.05) is 18.3 Å². The molecule has 1 unspecified atom stereocenters. The second kappa shape index (κ2) is 10.6. The maximum Gasteiger partial charge on any atom is 0.191 e. The fourth-order valence-corrected chi connectivity index (χ4v) is 4.13. The molecule has 0 aliphatic carbocycles. The van der Waals surface area contributed by atoms with E-state index < -0.39 is 0 Å². The van der Waals surface area contributed by atoms with Crippen LogP contribution in [-0.4, -0.2) is 62.3 Å². The minimum absolute atomic E-state index is 0.0848. The molecule has 0 amide bonds. The Hall–Kier alpha value is -2.97. The molecule has 0 bridgehead atoms. The molecular formula is C24H29F2N5O. The van der Waals surface area contributed by atoms with E-state index in [9.17, 15) is 8.78 Å². The molecule has 3 aromatic rings. The van der Waals surface area contributed by atoms with Crippen molar-refractivity contribution in [3.8, 4) is 0 Å². The topological polar surface area (TPSA) is 64.7 Å². The lowest BCUT2D eigenvalue weighted by molar-refractivity contribution is 0.0170. The molecule has 2 heterocycles. The van der Waals surface area contributed by atoms with Crippen LogP contribution in [0.4, 0.5) is 8.78 Å². The Morgan fingerprint density at radius 3 is 2.59 bits per heavy atom. The SMILES string of the molecule is CN=C(NCCc1c[nH]c2cc(F)ccc12)NCC(c1ccc(F)cc1)N1CCOCC1. The molecule has 1 fully saturated rings. The number of hydrogen-bond donors (Lipinski definition) is 3. The number of morpholine rings is 1. The van der Waals surface area contributed by atoms with Crippen LogP contribution in [0.3, 0.4) is 0 Å². The highest BCUT2D eigenvalue weighted by molar-refractivity contribution is 5.83. The predicted molar refractivity (Wildman–Crippen MR) is 123 cm³/mol. The second-order valence-electron chi connectivity index (χ2n) is 7.85. The van der Waals surface area contributed by atoms with Crippen molar-refractivity contribution in [2.75, 3.05) is 46.4 Å². The highest BCUT2D eigenvalue weighted by Crippen LogP contribution is 2.22. The smallest absolute Gasteiger partial charge is 0.191 e. The van der Waals surface area contributed by atoms with Gasteiger partial charge in [0.1, 0.15) is 11.6 Å². The Labute approximate surface area is 186 Å². The summed E-state index contributed by atoms with van der Waals surface area (Å²) >= 11 is 0. The van der Waals surface area contributed by atoms with Gasteiger partial charge < -0.3 is 20.4 Å². The Bertz CT molecular complexity index is 1040. The van der Waals surface area contributed by atoms with Gasteiger partial charge >= 0.3 is 0 Å². The third kappa shape index (κ3) is 5.44. The Morgan fingerprint density at radius 2 is 1.84 bits per heavy atom. The average Bonchev–Trinajstić information content (AvgIpc) is 3.21. The van der Waals surface area contributed by atoms with Crippen LogP contribution in [-0.2, 0) is 11.2 Å². The van der Waals surface area contributed by atoms with Gasteiger partial charge in [-0.25, -0.2) is 8.78 Å². The molecule has 0 saturated carbocycles. The van der Waals surface area contributed by atoms with E-state index in [4.69, 9.17) is 4.74 Å². The minimum Gasteiger partial charge on any atom is -0.379 e. The third-order valence-corrected chi connectivity index (χ3v) is 5.84. The summed E-state index contributed by atoms with van der Waals surface area (Å²) in [5.41, 5.74) is 2.98. The molecule has 1 aliphatic rings. The van der Waals surface area contributed by atoms with Gasteiger partial charge in [0.15, 0.2) is 5.96 Å². The quantitative estimate of drug-likeness (QED) is 0.389. The zero-order valence-electron chi connectivity index (χ0n) is 18.2. The summed E-state index contributed by atoms with van der Waals surface area (Å²) < 4.78 is 32.3. The lowest BCUT2D eigenvalue weighted by Gasteiger charge is -2.35. The fourth-order valence-electron chi connectivity index (χ4n) is 4.13. The van der Waals surface area contributed by atoms with Gasteiger partial charge in [-0.1, -0.05) is 12.1 Å². The van der Waals surface area contributed by atoms with Crippen LogP contribution < -0.4 is 10.6 Å². The Balaban J connectivity index is 1.35. The lowest BCUT2D eigenvalue weighted by atomic mass is 10.0. The summed E-state index contributed by atoms with van der Waals surface area (Å²) in [4.78, 5) is 9.81. The van der Waals surface area contributed by atoms with Crippen LogP contribution in [0.2, 0.25) is 0 Å². The molecule has 6 nitrogen and oxygen atoms in total. The Morgan fingerprint density at radius 1 is 1.09 bits per heavy atom. The number of aliphatic imine (C=N–C) groups is 1. The molecule has 2 aromatic carbocycles. The summed E-state index contributed by atoms with van der Waals surface area (Å²) in [6.45, 7) is 4.37. The molecule has 0 spiro atoms. The number of nitrogens with zero attached hydrogens (tertiary/aromatic N) is 2. The number of rotatable bonds is 7. The van der Waals surface area contributed by atoms with Gasteiger partial charge in [0.2, 0.25) is 0 Å². The van der Waals surface area contributed by atoms with Crippen LogP contribution in [0.25, 0.3) is 10.9 Å². The summed E-state index contributed by atoms with van der Waals surface area (Å²) in [7, 11) is 1.74. The average molecular weight is 442 g/mol. The van der Waals surface area contributed by atoms with Crippen molar-refractivity contribution in [2.24, 2.45) is 4.99 Å². The molecule has 8 heteroatoms. The zero-order chi connectivity index (χ0) is 22.3. The highest BCUT2D eigenvalue weighted by atomic mass is 19.1. The molecule has 1 saturated heterocycles. The number of nitrogens with one attached hydrogen (secondary N) is 3. The van der Waals surface area contributed by atoms with Crippen LogP contribution in [0.15, 0.2) is 53.7 Å². The van der Waals surface area contributed by atoms with Gasteiger partial charge in [-0.2, -0.15) is 0 Å². The maximum atomic E-state index is 13.4. The number of benzene rings is 2. The second-order valence-corrected chi connectivity index (χ2v) is 7.85. The monoisotopic (exact) mass is 441 g/mol. The van der Waals surface area contributed by atoms with E-state index in [0.29, 0.717) is 32.3 Å². The first-order valence-corrected chi connectivity index (χ1v) is 10.9. The molecular weight excluding hydrogens is 412 g/mol. The van der Waals surface area contributed by atoms with Crippen molar-refractivity contribution in [3.63, 3.8) is 0 Å². The van der Waals surface area contributed by atoms with E-state index in [-0.39, 0.29) is 17.7 Å². The van der Waals surface area contributed by atoms with Crippen molar-refractivity contribution < 1.29 is 13.5 Å². The van der Waals surface area contributed by atoms with Crippen molar-refractivity contribution in [2.45, 2.75) is 12.5 Å². The van der Waals surface area contributed by atoms with Crippen molar-refractivity contribution in [1.29, 1.82) is 0 Å². The summed E-state index contributed by atoms with van der Waals surface area (Å²) in [5, 5.41) is 7.79. The van der Waals surface area contributed by atoms with E-state index in [1.54, 1.807) is 13.1 Å². The van der Waals surface area contributed by atoms with Crippen LogP contribution in [0.5, 0.6) is 0 Å². The molecule has 1 aromatic heterocycles. The summed E-state index contributed by atoms with van der Waals surface area (Å²) in [5.74, 6) is 0.223. The van der Waals surface area contributed by atoms with Gasteiger partial charge in [0.05, 0.1) is 19.3 Å². The van der Waals surface area contributed by atoms with Gasteiger partial charge in [-0.3, -0.25) is 9.89 Å². The van der Waals surface area contributed by atoms with Crippen molar-refractivity contribution in [3.05, 3.63) is 71.4 Å². The predicted octanol–water partition coefficient (Wildman–Crippen LogP) is 3.23. The molecule has 1 aliphatic heterocycles. The summed E-state index contributed by atoms with van der Waals surface area (Å²) in [6, 6.07) is 11.6. The number of ether oxygens (including phenoxy) is 1. The number of hydrogen-bond acceptors (Lipinski definition) is 3. The van der Waals surface area contributed by atoms with E-state index in [1.165, 1.54) is 24.3 Å². The molecule has 170 valence electrons. The van der Waals surface area contributed by atoms with E-state index in [2.05, 4.69) is 25.5 Å². The standard InChI is InChI=1S/C24H29F2N5O/c1-27-24(28-9-8-18-15-29-22-14-20(26)6-7-21(18)22)30-16-23(31-10-12-32-13-11-31)17-2-4-19(25)5-3-17/h2-7,14-15,23,29H,8-13,16H2,1H3,(H2,27,28,30). The number of fused-ring (bicyclic) bond motifs is 1. The molecule has 4 rings (SSSR count). The Kier molecular flexibility index (Phi) is 7.34. The van der Waals surface area contributed by atoms with E-state index in [0.717, 1.165) is 41.5 Å². The first-order chi connectivity index (χ1) is 15.6. The first kappa shape index (κ1) is 22.2. The minimum atomic E-state index is -0.246. The van der Waals surface area contributed by atoms with Crippen LogP contribution >= 0.6 is 0 Å². The summed E-state index contributed by atoms with van der Waals surface area (Å²) in [6.07, 6.45) is 2.70. The van der Waals surface area contributed by atoms with Gasteiger partial charge in [0.25, 0.3) is 0 Å². The first-order valence-electron chi connectivity index (χ1n) is 10.9. The number of halogens is 2.